The summed E-state index contributed by atoms with van der Waals surface area (Å²) in [6, 6.07) is 17.3. The normalized spacial score (nSPS) is 11.4. The fourth-order valence-corrected chi connectivity index (χ4v) is 2.50. The van der Waals surface area contributed by atoms with Crippen LogP contribution >= 0.6 is 12.6 Å². The number of hydrogen-bond acceptors (Lipinski definition) is 5. The topological polar surface area (TPSA) is 55.8 Å². The molecule has 0 heterocycles. The second-order valence-electron chi connectivity index (χ2n) is 4.97. The number of thiol groups is 1. The number of anilines is 1. The Kier molecular flexibility index (Phi) is 6.69. The van der Waals surface area contributed by atoms with Gasteiger partial charge < -0.3 is 9.47 Å². The molecule has 0 saturated heterocycles. The first-order valence-electron chi connectivity index (χ1n) is 7.41. The molecule has 24 heavy (non-hydrogen) atoms. The fraction of sp³-hybridized carbons (Fsp3) is 0.222. The van der Waals surface area contributed by atoms with E-state index in [0.29, 0.717) is 5.69 Å². The Morgan fingerprint density at radius 1 is 1.04 bits per heavy atom. The monoisotopic (exact) mass is 345 g/mol. The van der Waals surface area contributed by atoms with Crippen molar-refractivity contribution in [3.63, 3.8) is 0 Å². The average Bonchev–Trinajstić information content (AvgIpc) is 2.65. The highest BCUT2D eigenvalue weighted by Crippen LogP contribution is 2.20. The second kappa shape index (κ2) is 8.98. The molecule has 0 aliphatic rings. The lowest BCUT2D eigenvalue weighted by Gasteiger charge is -2.28. The van der Waals surface area contributed by atoms with Crippen LogP contribution < -0.4 is 4.90 Å². The summed E-state index contributed by atoms with van der Waals surface area (Å²) in [6.45, 7) is 0.115. The summed E-state index contributed by atoms with van der Waals surface area (Å²) in [7, 11) is 1.28. The zero-order chi connectivity index (χ0) is 17.4. The van der Waals surface area contributed by atoms with Crippen LogP contribution in [0, 0.1) is 0 Å². The van der Waals surface area contributed by atoms with Gasteiger partial charge in [-0.25, -0.2) is 9.59 Å². The molecule has 0 saturated carbocycles. The number of rotatable bonds is 6. The van der Waals surface area contributed by atoms with E-state index >= 15 is 0 Å². The highest BCUT2D eigenvalue weighted by atomic mass is 32.1. The zero-order valence-electron chi connectivity index (χ0n) is 13.3. The van der Waals surface area contributed by atoms with Crippen LogP contribution in [0.15, 0.2) is 60.7 Å². The predicted molar refractivity (Wildman–Crippen MR) is 95.2 cm³/mol. The van der Waals surface area contributed by atoms with E-state index in [0.717, 1.165) is 5.56 Å². The molecular formula is C18H19NO4S. The van der Waals surface area contributed by atoms with Crippen molar-refractivity contribution in [2.45, 2.75) is 12.6 Å². The third-order valence-corrected chi connectivity index (χ3v) is 3.74. The zero-order valence-corrected chi connectivity index (χ0v) is 14.2. The number of ether oxygens (including phenoxy) is 2. The summed E-state index contributed by atoms with van der Waals surface area (Å²) in [4.78, 5) is 25.9. The van der Waals surface area contributed by atoms with Crippen molar-refractivity contribution in [2.75, 3.05) is 17.8 Å². The SMILES string of the molecule is COC(=O)[C@H](CS)N(C(=O)OCc1ccccc1)c1ccccc1. The van der Waals surface area contributed by atoms with Gasteiger partial charge in [-0.1, -0.05) is 48.5 Å². The van der Waals surface area contributed by atoms with Crippen LogP contribution in [0.2, 0.25) is 0 Å². The molecule has 0 aromatic heterocycles. The number of benzene rings is 2. The van der Waals surface area contributed by atoms with Crippen LogP contribution in [0.1, 0.15) is 5.56 Å². The van der Waals surface area contributed by atoms with E-state index in [9.17, 15) is 9.59 Å². The van der Waals surface area contributed by atoms with Gasteiger partial charge in [-0.05, 0) is 17.7 Å². The standard InChI is InChI=1S/C18H19NO4S/c1-22-17(20)16(13-24)19(15-10-6-3-7-11-15)18(21)23-12-14-8-4-2-5-9-14/h2-11,16,24H,12-13H2,1H3/t16-/m0/s1. The van der Waals surface area contributed by atoms with E-state index in [2.05, 4.69) is 12.6 Å². The number of carbonyl (C=O) groups excluding carboxylic acids is 2. The molecule has 1 amide bonds. The van der Waals surface area contributed by atoms with Crippen molar-refractivity contribution < 1.29 is 19.1 Å². The highest BCUT2D eigenvalue weighted by molar-refractivity contribution is 7.80. The number of para-hydroxylation sites is 1. The molecule has 2 aromatic carbocycles. The van der Waals surface area contributed by atoms with Gasteiger partial charge in [0.2, 0.25) is 0 Å². The van der Waals surface area contributed by atoms with Crippen LogP contribution in [0.25, 0.3) is 0 Å². The molecule has 0 aliphatic heterocycles. The van der Waals surface area contributed by atoms with Gasteiger partial charge in [0.05, 0.1) is 7.11 Å². The summed E-state index contributed by atoms with van der Waals surface area (Å²) in [5.41, 5.74) is 1.40. The maximum absolute atomic E-state index is 12.6. The molecule has 2 aromatic rings. The van der Waals surface area contributed by atoms with Gasteiger partial charge >= 0.3 is 12.1 Å². The molecule has 0 radical (unpaired) electrons. The van der Waals surface area contributed by atoms with Crippen molar-refractivity contribution in [3.8, 4) is 0 Å². The predicted octanol–water partition coefficient (Wildman–Crippen LogP) is 3.30. The van der Waals surface area contributed by atoms with Crippen molar-refractivity contribution in [2.24, 2.45) is 0 Å². The van der Waals surface area contributed by atoms with Gasteiger partial charge in [-0.2, -0.15) is 12.6 Å². The summed E-state index contributed by atoms with van der Waals surface area (Å²) in [6.07, 6.45) is -0.630. The van der Waals surface area contributed by atoms with Gasteiger partial charge in [0, 0.05) is 11.4 Å². The maximum Gasteiger partial charge on any atom is 0.415 e. The first-order valence-corrected chi connectivity index (χ1v) is 8.04. The maximum atomic E-state index is 12.6. The smallest absolute Gasteiger partial charge is 0.415 e. The Bertz CT molecular complexity index is 663. The van der Waals surface area contributed by atoms with Gasteiger partial charge in [-0.3, -0.25) is 4.90 Å². The molecule has 0 fully saturated rings. The second-order valence-corrected chi connectivity index (χ2v) is 5.33. The van der Waals surface area contributed by atoms with Crippen LogP contribution in [0.3, 0.4) is 0 Å². The Morgan fingerprint density at radius 3 is 2.17 bits per heavy atom. The third-order valence-electron chi connectivity index (χ3n) is 3.39. The van der Waals surface area contributed by atoms with Crippen LogP contribution in [0.5, 0.6) is 0 Å². The first-order chi connectivity index (χ1) is 11.7. The molecule has 1 atom stereocenters. The average molecular weight is 345 g/mol. The summed E-state index contributed by atoms with van der Waals surface area (Å²) in [5.74, 6) is -0.437. The first kappa shape index (κ1) is 17.9. The number of hydrogen-bond donors (Lipinski definition) is 1. The Morgan fingerprint density at radius 2 is 1.62 bits per heavy atom. The minimum Gasteiger partial charge on any atom is -0.467 e. The van der Waals surface area contributed by atoms with E-state index in [1.807, 2.05) is 36.4 Å². The minimum absolute atomic E-state index is 0.113. The molecule has 5 nitrogen and oxygen atoms in total. The quantitative estimate of drug-likeness (QED) is 0.645. The summed E-state index contributed by atoms with van der Waals surface area (Å²) >= 11 is 4.18. The molecule has 0 spiro atoms. The molecule has 0 unspecified atom stereocenters. The molecule has 0 aliphatic carbocycles. The molecule has 126 valence electrons. The minimum atomic E-state index is -0.871. The largest absolute Gasteiger partial charge is 0.467 e. The molecule has 0 bridgehead atoms. The lowest BCUT2D eigenvalue weighted by atomic mass is 10.2. The van der Waals surface area contributed by atoms with E-state index in [1.54, 1.807) is 24.3 Å². The third kappa shape index (κ3) is 4.52. The number of carbonyl (C=O) groups is 2. The van der Waals surface area contributed by atoms with Crippen LogP contribution in [0.4, 0.5) is 10.5 Å². The van der Waals surface area contributed by atoms with E-state index in [4.69, 9.17) is 9.47 Å². The molecule has 6 heteroatoms. The Labute approximate surface area is 146 Å². The van der Waals surface area contributed by atoms with Crippen LogP contribution in [-0.2, 0) is 20.9 Å². The van der Waals surface area contributed by atoms with E-state index in [1.165, 1.54) is 12.0 Å². The number of esters is 1. The van der Waals surface area contributed by atoms with E-state index in [-0.39, 0.29) is 12.4 Å². The summed E-state index contributed by atoms with van der Waals surface area (Å²) in [5, 5.41) is 0. The molecular weight excluding hydrogens is 326 g/mol. The Hall–Kier alpha value is -2.47. The van der Waals surface area contributed by atoms with Gasteiger partial charge in [0.15, 0.2) is 0 Å². The summed E-state index contributed by atoms with van der Waals surface area (Å²) < 4.78 is 10.1. The van der Waals surface area contributed by atoms with Gasteiger partial charge in [-0.15, -0.1) is 0 Å². The number of nitrogens with zero attached hydrogens (tertiary/aromatic N) is 1. The van der Waals surface area contributed by atoms with Crippen molar-refractivity contribution in [1.29, 1.82) is 0 Å². The number of amides is 1. The lowest BCUT2D eigenvalue weighted by molar-refractivity contribution is -0.141. The molecule has 0 N–H and O–H groups in total. The Balaban J connectivity index is 2.21. The fourth-order valence-electron chi connectivity index (χ4n) is 2.19. The number of methoxy groups -OCH3 is 1. The van der Waals surface area contributed by atoms with Crippen LogP contribution in [-0.4, -0.2) is 31.0 Å². The van der Waals surface area contributed by atoms with Crippen molar-refractivity contribution in [1.82, 2.24) is 0 Å². The molecule has 2 rings (SSSR count). The van der Waals surface area contributed by atoms with Crippen molar-refractivity contribution >= 4 is 30.4 Å². The van der Waals surface area contributed by atoms with Crippen molar-refractivity contribution in [3.05, 3.63) is 66.2 Å². The highest BCUT2D eigenvalue weighted by Gasteiger charge is 2.32. The van der Waals surface area contributed by atoms with Gasteiger partial charge in [0.1, 0.15) is 12.6 Å². The van der Waals surface area contributed by atoms with E-state index < -0.39 is 18.1 Å². The van der Waals surface area contributed by atoms with Gasteiger partial charge in [0.25, 0.3) is 0 Å². The lowest BCUT2D eigenvalue weighted by Crippen LogP contribution is -2.47.